The summed E-state index contributed by atoms with van der Waals surface area (Å²) >= 11 is 0. The van der Waals surface area contributed by atoms with Crippen molar-refractivity contribution in [2.75, 3.05) is 37.0 Å². The zero-order valence-electron chi connectivity index (χ0n) is 13.3. The molecular formula is C15H25N5O. The first-order valence-electron chi connectivity index (χ1n) is 7.51. The van der Waals surface area contributed by atoms with Crippen molar-refractivity contribution in [2.45, 2.75) is 32.7 Å². The fourth-order valence-electron chi connectivity index (χ4n) is 2.67. The van der Waals surface area contributed by atoms with Gasteiger partial charge < -0.3 is 15.1 Å². The van der Waals surface area contributed by atoms with Crippen LogP contribution in [0.4, 0.5) is 11.5 Å². The monoisotopic (exact) mass is 291 g/mol. The SMILES string of the molecule is CC(C)NC(=O)C1CCN(c2cncnc2N(C)C)CC1. The number of carbonyl (C=O) groups is 1. The van der Waals surface area contributed by atoms with Gasteiger partial charge in [-0.25, -0.2) is 9.97 Å². The van der Waals surface area contributed by atoms with E-state index in [4.69, 9.17) is 0 Å². The summed E-state index contributed by atoms with van der Waals surface area (Å²) < 4.78 is 0. The van der Waals surface area contributed by atoms with E-state index in [2.05, 4.69) is 20.2 Å². The Morgan fingerprint density at radius 1 is 1.38 bits per heavy atom. The van der Waals surface area contributed by atoms with E-state index >= 15 is 0 Å². The van der Waals surface area contributed by atoms with Crippen LogP contribution in [-0.4, -0.2) is 49.1 Å². The molecule has 0 bridgehead atoms. The van der Waals surface area contributed by atoms with Gasteiger partial charge in [0.1, 0.15) is 6.33 Å². The van der Waals surface area contributed by atoms with Crippen LogP contribution in [0.25, 0.3) is 0 Å². The van der Waals surface area contributed by atoms with E-state index in [9.17, 15) is 4.79 Å². The van der Waals surface area contributed by atoms with Crippen molar-refractivity contribution >= 4 is 17.4 Å². The number of amides is 1. The van der Waals surface area contributed by atoms with Crippen LogP contribution in [0.15, 0.2) is 12.5 Å². The Morgan fingerprint density at radius 3 is 2.62 bits per heavy atom. The highest BCUT2D eigenvalue weighted by Gasteiger charge is 2.26. The minimum atomic E-state index is 0.121. The maximum Gasteiger partial charge on any atom is 0.223 e. The predicted octanol–water partition coefficient (Wildman–Crippen LogP) is 1.28. The summed E-state index contributed by atoms with van der Waals surface area (Å²) in [5.41, 5.74) is 1.05. The first-order valence-corrected chi connectivity index (χ1v) is 7.51. The Balaban J connectivity index is 2.00. The second-order valence-electron chi connectivity index (χ2n) is 6.05. The lowest BCUT2D eigenvalue weighted by atomic mass is 9.95. The van der Waals surface area contributed by atoms with Gasteiger partial charge in [-0.3, -0.25) is 4.79 Å². The molecule has 1 saturated heterocycles. The van der Waals surface area contributed by atoms with E-state index in [1.807, 2.05) is 39.0 Å². The maximum absolute atomic E-state index is 12.1. The molecule has 0 atom stereocenters. The van der Waals surface area contributed by atoms with Gasteiger partial charge >= 0.3 is 0 Å². The molecule has 1 aromatic rings. The van der Waals surface area contributed by atoms with Gasteiger partial charge in [0.15, 0.2) is 5.82 Å². The molecule has 0 spiro atoms. The summed E-state index contributed by atoms with van der Waals surface area (Å²) in [5.74, 6) is 1.23. The zero-order chi connectivity index (χ0) is 15.4. The van der Waals surface area contributed by atoms with Crippen LogP contribution in [0.1, 0.15) is 26.7 Å². The molecule has 116 valence electrons. The molecular weight excluding hydrogens is 266 g/mol. The maximum atomic E-state index is 12.1. The average molecular weight is 291 g/mol. The highest BCUT2D eigenvalue weighted by molar-refractivity contribution is 5.79. The number of hydrogen-bond acceptors (Lipinski definition) is 5. The third kappa shape index (κ3) is 3.83. The topological polar surface area (TPSA) is 61.4 Å². The smallest absolute Gasteiger partial charge is 0.223 e. The van der Waals surface area contributed by atoms with Crippen molar-refractivity contribution < 1.29 is 4.79 Å². The highest BCUT2D eigenvalue weighted by Crippen LogP contribution is 2.28. The van der Waals surface area contributed by atoms with Crippen LogP contribution < -0.4 is 15.1 Å². The molecule has 6 nitrogen and oxygen atoms in total. The largest absolute Gasteiger partial charge is 0.367 e. The standard InChI is InChI=1S/C15H25N5O/c1-11(2)18-15(21)12-5-7-20(8-6-12)13-9-16-10-17-14(13)19(3)4/h9-12H,5-8H2,1-4H3,(H,18,21). The fraction of sp³-hybridized carbons (Fsp3) is 0.667. The Bertz CT molecular complexity index is 481. The molecule has 1 fully saturated rings. The molecule has 0 saturated carbocycles. The van der Waals surface area contributed by atoms with E-state index in [1.54, 1.807) is 6.33 Å². The molecule has 0 radical (unpaired) electrons. The third-order valence-electron chi connectivity index (χ3n) is 3.73. The number of carbonyl (C=O) groups excluding carboxylic acids is 1. The molecule has 6 heteroatoms. The van der Waals surface area contributed by atoms with Crippen LogP contribution in [0.5, 0.6) is 0 Å². The van der Waals surface area contributed by atoms with Crippen molar-refractivity contribution in [3.63, 3.8) is 0 Å². The number of anilines is 2. The minimum Gasteiger partial charge on any atom is -0.367 e. The van der Waals surface area contributed by atoms with Crippen molar-refractivity contribution in [1.29, 1.82) is 0 Å². The van der Waals surface area contributed by atoms with E-state index in [0.29, 0.717) is 0 Å². The minimum absolute atomic E-state index is 0.121. The van der Waals surface area contributed by atoms with Crippen LogP contribution in [0.2, 0.25) is 0 Å². The predicted molar refractivity (Wildman–Crippen MR) is 84.6 cm³/mol. The van der Waals surface area contributed by atoms with Crippen molar-refractivity contribution in [3.8, 4) is 0 Å². The van der Waals surface area contributed by atoms with Gasteiger partial charge in [0.2, 0.25) is 5.91 Å². The van der Waals surface area contributed by atoms with Crippen molar-refractivity contribution in [2.24, 2.45) is 5.92 Å². The summed E-state index contributed by atoms with van der Waals surface area (Å²) in [7, 11) is 3.96. The number of hydrogen-bond donors (Lipinski definition) is 1. The van der Waals surface area contributed by atoms with Gasteiger partial charge in [-0.05, 0) is 26.7 Å². The quantitative estimate of drug-likeness (QED) is 0.905. The van der Waals surface area contributed by atoms with Crippen molar-refractivity contribution in [1.82, 2.24) is 15.3 Å². The second kappa shape index (κ2) is 6.74. The molecule has 1 N–H and O–H groups in total. The van der Waals surface area contributed by atoms with E-state index < -0.39 is 0 Å². The molecule has 1 aromatic heterocycles. The third-order valence-corrected chi connectivity index (χ3v) is 3.73. The first-order chi connectivity index (χ1) is 9.99. The van der Waals surface area contributed by atoms with Gasteiger partial charge in [0.25, 0.3) is 0 Å². The van der Waals surface area contributed by atoms with Crippen LogP contribution in [-0.2, 0) is 4.79 Å². The Kier molecular flexibility index (Phi) is 4.98. The van der Waals surface area contributed by atoms with Crippen molar-refractivity contribution in [3.05, 3.63) is 12.5 Å². The lowest BCUT2D eigenvalue weighted by Gasteiger charge is -2.34. The highest BCUT2D eigenvalue weighted by atomic mass is 16.1. The molecule has 2 rings (SSSR count). The van der Waals surface area contributed by atoms with E-state index in [1.165, 1.54) is 0 Å². The average Bonchev–Trinajstić information content (AvgIpc) is 2.46. The Labute approximate surface area is 126 Å². The molecule has 0 unspecified atom stereocenters. The van der Waals surface area contributed by atoms with E-state index in [0.717, 1.165) is 37.4 Å². The number of rotatable bonds is 4. The van der Waals surface area contributed by atoms with Crippen LogP contribution in [0, 0.1) is 5.92 Å². The molecule has 1 amide bonds. The van der Waals surface area contributed by atoms with Gasteiger partial charge in [-0.15, -0.1) is 0 Å². The first kappa shape index (κ1) is 15.5. The lowest BCUT2D eigenvalue weighted by molar-refractivity contribution is -0.126. The summed E-state index contributed by atoms with van der Waals surface area (Å²) in [6, 6.07) is 0.207. The molecule has 1 aliphatic heterocycles. The fourth-order valence-corrected chi connectivity index (χ4v) is 2.67. The van der Waals surface area contributed by atoms with Crippen LogP contribution >= 0.6 is 0 Å². The van der Waals surface area contributed by atoms with Gasteiger partial charge in [-0.1, -0.05) is 0 Å². The molecule has 21 heavy (non-hydrogen) atoms. The van der Waals surface area contributed by atoms with Gasteiger partial charge in [0.05, 0.1) is 11.9 Å². The Morgan fingerprint density at radius 2 is 2.05 bits per heavy atom. The molecule has 1 aliphatic rings. The Hall–Kier alpha value is -1.85. The number of nitrogens with one attached hydrogen (secondary N) is 1. The molecule has 0 aromatic carbocycles. The zero-order valence-corrected chi connectivity index (χ0v) is 13.3. The summed E-state index contributed by atoms with van der Waals surface area (Å²) in [5, 5.41) is 3.01. The summed E-state index contributed by atoms with van der Waals surface area (Å²) in [6.07, 6.45) is 5.18. The lowest BCUT2D eigenvalue weighted by Crippen LogP contribution is -2.42. The number of piperidine rings is 1. The summed E-state index contributed by atoms with van der Waals surface area (Å²) in [6.45, 7) is 5.73. The van der Waals surface area contributed by atoms with E-state index in [-0.39, 0.29) is 17.9 Å². The van der Waals surface area contributed by atoms with Gasteiger partial charge in [-0.2, -0.15) is 0 Å². The van der Waals surface area contributed by atoms with Crippen LogP contribution in [0.3, 0.4) is 0 Å². The summed E-state index contributed by atoms with van der Waals surface area (Å²) in [4.78, 5) is 24.8. The number of aromatic nitrogens is 2. The molecule has 0 aliphatic carbocycles. The normalized spacial score (nSPS) is 16.1. The number of nitrogens with zero attached hydrogens (tertiary/aromatic N) is 4. The van der Waals surface area contributed by atoms with Gasteiger partial charge in [0, 0.05) is 39.1 Å². The molecule has 2 heterocycles. The second-order valence-corrected chi connectivity index (χ2v) is 6.05.